The van der Waals surface area contributed by atoms with Gasteiger partial charge in [0.25, 0.3) is 11.8 Å². The molecule has 3 rings (SSSR count). The van der Waals surface area contributed by atoms with Gasteiger partial charge >= 0.3 is 5.97 Å². The quantitative estimate of drug-likeness (QED) is 0.433. The minimum absolute atomic E-state index is 0.130. The number of benzene rings is 1. The number of hydrogen-bond acceptors (Lipinski definition) is 7. The van der Waals surface area contributed by atoms with Crippen molar-refractivity contribution in [1.29, 1.82) is 5.26 Å². The lowest BCUT2D eigenvalue weighted by Crippen LogP contribution is -2.44. The number of amides is 2. The molecular formula is C23H20N2O6. The van der Waals surface area contributed by atoms with Crippen molar-refractivity contribution in [2.45, 2.75) is 13.8 Å². The molecule has 1 N–H and O–H groups in total. The van der Waals surface area contributed by atoms with Gasteiger partial charge in [-0.25, -0.2) is 4.79 Å². The molecule has 1 aliphatic rings. The van der Waals surface area contributed by atoms with E-state index in [4.69, 9.17) is 14.3 Å². The lowest BCUT2D eigenvalue weighted by molar-refractivity contribution is -0.141. The maximum atomic E-state index is 12.7. The molecule has 0 atom stereocenters. The number of aliphatic hydroxyl groups is 1. The molecule has 2 aromatic rings. The van der Waals surface area contributed by atoms with Crippen molar-refractivity contribution in [3.8, 4) is 17.4 Å². The highest BCUT2D eigenvalue weighted by molar-refractivity contribution is 6.19. The van der Waals surface area contributed by atoms with Crippen molar-refractivity contribution in [2.24, 2.45) is 0 Å². The Labute approximate surface area is 178 Å². The molecule has 0 fully saturated rings. The Hall–Kier alpha value is -3.96. The maximum Gasteiger partial charge on any atom is 0.338 e. The van der Waals surface area contributed by atoms with Gasteiger partial charge in [-0.05, 0) is 49.8 Å². The van der Waals surface area contributed by atoms with Gasteiger partial charge in [-0.15, -0.1) is 0 Å². The normalized spacial score (nSPS) is 15.4. The fraction of sp³-hybridized carbons (Fsp3) is 0.217. The molecule has 0 unspecified atom stereocenters. The first-order valence-corrected chi connectivity index (χ1v) is 9.58. The minimum atomic E-state index is -0.730. The maximum absolute atomic E-state index is 12.7. The first kappa shape index (κ1) is 21.7. The van der Waals surface area contributed by atoms with Crippen LogP contribution < -0.4 is 0 Å². The molecule has 2 heterocycles. The molecule has 0 saturated heterocycles. The second-order valence-corrected chi connectivity index (χ2v) is 6.66. The van der Waals surface area contributed by atoms with Crippen LogP contribution >= 0.6 is 0 Å². The number of hydrogen-bond donors (Lipinski definition) is 1. The van der Waals surface area contributed by atoms with Crippen LogP contribution in [0.15, 0.2) is 57.5 Å². The second kappa shape index (κ2) is 9.24. The van der Waals surface area contributed by atoms with Gasteiger partial charge in [-0.3, -0.25) is 14.5 Å². The highest BCUT2D eigenvalue weighted by atomic mass is 16.5. The van der Waals surface area contributed by atoms with E-state index in [1.54, 1.807) is 43.3 Å². The van der Waals surface area contributed by atoms with Crippen LogP contribution in [0.4, 0.5) is 0 Å². The standard InChI is InChI=1S/C23H20N2O6/c1-3-30-23(29)16-6-4-5-15(11-16)20-8-7-17(31-20)12-18-14(2)19(13-24)22(28)25(9-10-26)21(18)27/h4-8,11-12,26H,3,9-10H2,1-2H3. The van der Waals surface area contributed by atoms with Crippen LogP contribution in [-0.2, 0) is 14.3 Å². The summed E-state index contributed by atoms with van der Waals surface area (Å²) in [5.74, 6) is -0.990. The highest BCUT2D eigenvalue weighted by Gasteiger charge is 2.35. The molecule has 1 aliphatic heterocycles. The van der Waals surface area contributed by atoms with Gasteiger partial charge in [0.2, 0.25) is 0 Å². The molecule has 0 saturated carbocycles. The zero-order chi connectivity index (χ0) is 22.5. The summed E-state index contributed by atoms with van der Waals surface area (Å²) in [6.07, 6.45) is 1.45. The predicted molar refractivity (Wildman–Crippen MR) is 110 cm³/mol. The number of nitrogens with zero attached hydrogens (tertiary/aromatic N) is 2. The van der Waals surface area contributed by atoms with Crippen molar-refractivity contribution in [3.63, 3.8) is 0 Å². The summed E-state index contributed by atoms with van der Waals surface area (Å²) in [7, 11) is 0. The number of ether oxygens (including phenoxy) is 1. The average molecular weight is 420 g/mol. The largest absolute Gasteiger partial charge is 0.462 e. The molecule has 0 aliphatic carbocycles. The zero-order valence-electron chi connectivity index (χ0n) is 17.0. The summed E-state index contributed by atoms with van der Waals surface area (Å²) < 4.78 is 10.8. The van der Waals surface area contributed by atoms with Gasteiger partial charge in [0.05, 0.1) is 25.3 Å². The Morgan fingerprint density at radius 2 is 2.03 bits per heavy atom. The monoisotopic (exact) mass is 420 g/mol. The summed E-state index contributed by atoms with van der Waals surface area (Å²) in [4.78, 5) is 37.9. The third-order valence-corrected chi connectivity index (χ3v) is 4.72. The molecule has 8 nitrogen and oxygen atoms in total. The van der Waals surface area contributed by atoms with E-state index in [-0.39, 0.29) is 29.9 Å². The van der Waals surface area contributed by atoms with Crippen LogP contribution in [-0.4, -0.2) is 47.5 Å². The summed E-state index contributed by atoms with van der Waals surface area (Å²) in [6.45, 7) is 2.89. The van der Waals surface area contributed by atoms with E-state index in [1.165, 1.54) is 13.0 Å². The smallest absolute Gasteiger partial charge is 0.338 e. The SMILES string of the molecule is CCOC(=O)c1cccc(-c2ccc(C=C3C(=O)N(CCO)C(=O)C(C#N)=C3C)o2)c1. The third kappa shape index (κ3) is 4.32. The molecule has 0 spiro atoms. The van der Waals surface area contributed by atoms with E-state index in [0.717, 1.165) is 4.90 Å². The number of β-amino-alcohol motifs (C(OH)–C–C–N with tert-alkyl or cyclic N) is 1. The van der Waals surface area contributed by atoms with Gasteiger partial charge in [-0.2, -0.15) is 5.26 Å². The van der Waals surface area contributed by atoms with Crippen LogP contribution in [0.2, 0.25) is 0 Å². The van der Waals surface area contributed by atoms with Crippen LogP contribution in [0.1, 0.15) is 30.0 Å². The van der Waals surface area contributed by atoms with Crippen LogP contribution in [0.25, 0.3) is 17.4 Å². The molecule has 0 radical (unpaired) electrons. The molecule has 1 aromatic heterocycles. The number of rotatable bonds is 6. The Kier molecular flexibility index (Phi) is 6.48. The van der Waals surface area contributed by atoms with Gasteiger partial charge < -0.3 is 14.3 Å². The fourth-order valence-corrected chi connectivity index (χ4v) is 3.17. The third-order valence-electron chi connectivity index (χ3n) is 4.72. The summed E-state index contributed by atoms with van der Waals surface area (Å²) in [5.41, 5.74) is 1.24. The fourth-order valence-electron chi connectivity index (χ4n) is 3.17. The van der Waals surface area contributed by atoms with Crippen molar-refractivity contribution >= 4 is 23.9 Å². The molecular weight excluding hydrogens is 400 g/mol. The van der Waals surface area contributed by atoms with E-state index in [1.807, 2.05) is 6.07 Å². The second-order valence-electron chi connectivity index (χ2n) is 6.66. The number of furan rings is 1. The Bertz CT molecular complexity index is 1150. The van der Waals surface area contributed by atoms with Crippen molar-refractivity contribution in [1.82, 2.24) is 4.90 Å². The topological polar surface area (TPSA) is 121 Å². The first-order valence-electron chi connectivity index (χ1n) is 9.58. The highest BCUT2D eigenvalue weighted by Crippen LogP contribution is 2.29. The molecule has 2 amide bonds. The van der Waals surface area contributed by atoms with Gasteiger partial charge in [0.15, 0.2) is 0 Å². The van der Waals surface area contributed by atoms with Crippen molar-refractivity contribution in [2.75, 3.05) is 19.8 Å². The Morgan fingerprint density at radius 3 is 2.71 bits per heavy atom. The summed E-state index contributed by atoms with van der Waals surface area (Å²) in [5, 5.41) is 18.5. The van der Waals surface area contributed by atoms with Crippen molar-refractivity contribution in [3.05, 3.63) is 64.4 Å². The van der Waals surface area contributed by atoms with E-state index < -0.39 is 24.4 Å². The van der Waals surface area contributed by atoms with E-state index >= 15 is 0 Å². The molecule has 158 valence electrons. The number of aliphatic hydroxyl groups excluding tert-OH is 1. The van der Waals surface area contributed by atoms with Gasteiger partial charge in [-0.1, -0.05) is 12.1 Å². The Balaban J connectivity index is 1.97. The van der Waals surface area contributed by atoms with E-state index in [9.17, 15) is 19.6 Å². The number of carbonyl (C=O) groups is 3. The zero-order valence-corrected chi connectivity index (χ0v) is 17.0. The lowest BCUT2D eigenvalue weighted by atomic mass is 9.95. The Morgan fingerprint density at radius 1 is 1.26 bits per heavy atom. The predicted octanol–water partition coefficient (Wildman–Crippen LogP) is 2.71. The van der Waals surface area contributed by atoms with Crippen LogP contribution in [0, 0.1) is 11.3 Å². The number of esters is 1. The van der Waals surface area contributed by atoms with E-state index in [0.29, 0.717) is 22.6 Å². The molecule has 1 aromatic carbocycles. The molecule has 8 heteroatoms. The van der Waals surface area contributed by atoms with Crippen LogP contribution in [0.3, 0.4) is 0 Å². The average Bonchev–Trinajstić information content (AvgIpc) is 3.24. The molecule has 31 heavy (non-hydrogen) atoms. The minimum Gasteiger partial charge on any atom is -0.462 e. The number of imide groups is 1. The lowest BCUT2D eigenvalue weighted by Gasteiger charge is -2.26. The summed E-state index contributed by atoms with van der Waals surface area (Å²) in [6, 6.07) is 11.9. The van der Waals surface area contributed by atoms with Gasteiger partial charge in [0.1, 0.15) is 23.2 Å². The van der Waals surface area contributed by atoms with Crippen LogP contribution in [0.5, 0.6) is 0 Å². The van der Waals surface area contributed by atoms with Crippen molar-refractivity contribution < 1.29 is 28.6 Å². The van der Waals surface area contributed by atoms with E-state index in [2.05, 4.69) is 0 Å². The summed E-state index contributed by atoms with van der Waals surface area (Å²) >= 11 is 0. The molecule has 0 bridgehead atoms. The number of carbonyl (C=O) groups excluding carboxylic acids is 3. The number of nitriles is 1. The van der Waals surface area contributed by atoms with Gasteiger partial charge in [0, 0.05) is 11.1 Å². The first-order chi connectivity index (χ1) is 14.9.